The standard InChI is InChI=1S/C16H18N2O/c1-12(2)14-7-5-13(6-8-14)10-18-16(19)15-4-3-9-17-11-15/h3-9,11-12H,10H2,1-2H3,(H,18,19). The molecular weight excluding hydrogens is 236 g/mol. The summed E-state index contributed by atoms with van der Waals surface area (Å²) in [4.78, 5) is 15.8. The predicted molar refractivity (Wildman–Crippen MR) is 75.9 cm³/mol. The highest BCUT2D eigenvalue weighted by molar-refractivity contribution is 5.93. The van der Waals surface area contributed by atoms with Gasteiger partial charge in [-0.15, -0.1) is 0 Å². The highest BCUT2D eigenvalue weighted by atomic mass is 16.1. The summed E-state index contributed by atoms with van der Waals surface area (Å²) in [5, 5.41) is 2.88. The van der Waals surface area contributed by atoms with Crippen molar-refractivity contribution in [2.75, 3.05) is 0 Å². The van der Waals surface area contributed by atoms with Crippen LogP contribution in [0.5, 0.6) is 0 Å². The van der Waals surface area contributed by atoms with Gasteiger partial charge < -0.3 is 5.32 Å². The Morgan fingerprint density at radius 3 is 2.53 bits per heavy atom. The number of hydrogen-bond donors (Lipinski definition) is 1. The summed E-state index contributed by atoms with van der Waals surface area (Å²) in [5.41, 5.74) is 2.99. The molecule has 98 valence electrons. The van der Waals surface area contributed by atoms with E-state index in [1.54, 1.807) is 24.5 Å². The minimum absolute atomic E-state index is 0.0963. The first-order valence-electron chi connectivity index (χ1n) is 6.44. The van der Waals surface area contributed by atoms with Gasteiger partial charge in [0.1, 0.15) is 0 Å². The van der Waals surface area contributed by atoms with E-state index in [4.69, 9.17) is 0 Å². The number of aromatic nitrogens is 1. The smallest absolute Gasteiger partial charge is 0.253 e. The summed E-state index contributed by atoms with van der Waals surface area (Å²) in [6, 6.07) is 11.8. The van der Waals surface area contributed by atoms with Gasteiger partial charge in [-0.05, 0) is 29.2 Å². The first-order chi connectivity index (χ1) is 9.16. The molecule has 0 spiro atoms. The first-order valence-corrected chi connectivity index (χ1v) is 6.44. The number of benzene rings is 1. The summed E-state index contributed by atoms with van der Waals surface area (Å²) in [6.07, 6.45) is 3.22. The van der Waals surface area contributed by atoms with E-state index in [9.17, 15) is 4.79 Å². The van der Waals surface area contributed by atoms with Crippen molar-refractivity contribution in [2.45, 2.75) is 26.3 Å². The van der Waals surface area contributed by atoms with Crippen molar-refractivity contribution in [3.63, 3.8) is 0 Å². The first kappa shape index (κ1) is 13.3. The van der Waals surface area contributed by atoms with E-state index in [1.165, 1.54) is 5.56 Å². The number of carbonyl (C=O) groups excluding carboxylic acids is 1. The zero-order chi connectivity index (χ0) is 13.7. The van der Waals surface area contributed by atoms with E-state index in [-0.39, 0.29) is 5.91 Å². The Hall–Kier alpha value is -2.16. The lowest BCUT2D eigenvalue weighted by Gasteiger charge is -2.08. The van der Waals surface area contributed by atoms with Gasteiger partial charge in [0, 0.05) is 18.9 Å². The van der Waals surface area contributed by atoms with Gasteiger partial charge in [0.05, 0.1) is 5.56 Å². The summed E-state index contributed by atoms with van der Waals surface area (Å²) >= 11 is 0. The SMILES string of the molecule is CC(C)c1ccc(CNC(=O)c2cccnc2)cc1. The molecule has 3 heteroatoms. The maximum absolute atomic E-state index is 11.8. The van der Waals surface area contributed by atoms with Crippen molar-refractivity contribution >= 4 is 5.91 Å². The Kier molecular flexibility index (Phi) is 4.29. The molecule has 0 atom stereocenters. The van der Waals surface area contributed by atoms with Crippen molar-refractivity contribution in [2.24, 2.45) is 0 Å². The number of rotatable bonds is 4. The number of amides is 1. The van der Waals surface area contributed by atoms with Gasteiger partial charge in [-0.25, -0.2) is 0 Å². The van der Waals surface area contributed by atoms with Gasteiger partial charge >= 0.3 is 0 Å². The fourth-order valence-corrected chi connectivity index (χ4v) is 1.80. The quantitative estimate of drug-likeness (QED) is 0.910. The van der Waals surface area contributed by atoms with Gasteiger partial charge in [-0.1, -0.05) is 38.1 Å². The molecule has 0 radical (unpaired) electrons. The van der Waals surface area contributed by atoms with Crippen LogP contribution < -0.4 is 5.32 Å². The molecule has 3 nitrogen and oxygen atoms in total. The number of pyridine rings is 1. The van der Waals surface area contributed by atoms with Crippen LogP contribution in [0.25, 0.3) is 0 Å². The van der Waals surface area contributed by atoms with Gasteiger partial charge in [0.15, 0.2) is 0 Å². The van der Waals surface area contributed by atoms with Crippen molar-refractivity contribution in [1.29, 1.82) is 0 Å². The molecule has 0 unspecified atom stereocenters. The van der Waals surface area contributed by atoms with Crippen molar-refractivity contribution in [3.05, 3.63) is 65.5 Å². The van der Waals surface area contributed by atoms with Crippen molar-refractivity contribution in [1.82, 2.24) is 10.3 Å². The van der Waals surface area contributed by atoms with Crippen LogP contribution in [0.1, 0.15) is 41.3 Å². The fourth-order valence-electron chi connectivity index (χ4n) is 1.80. The second-order valence-corrected chi connectivity index (χ2v) is 4.82. The lowest BCUT2D eigenvalue weighted by Crippen LogP contribution is -2.22. The number of carbonyl (C=O) groups is 1. The van der Waals surface area contributed by atoms with E-state index in [0.717, 1.165) is 5.56 Å². The zero-order valence-electron chi connectivity index (χ0n) is 11.3. The molecule has 0 aliphatic rings. The van der Waals surface area contributed by atoms with Gasteiger partial charge in [-0.3, -0.25) is 9.78 Å². The molecule has 0 saturated heterocycles. The van der Waals surface area contributed by atoms with Gasteiger partial charge in [0.25, 0.3) is 5.91 Å². The molecule has 0 aliphatic carbocycles. The number of hydrogen-bond acceptors (Lipinski definition) is 2. The van der Waals surface area contributed by atoms with Crippen molar-refractivity contribution < 1.29 is 4.79 Å². The van der Waals surface area contributed by atoms with Gasteiger partial charge in [-0.2, -0.15) is 0 Å². The zero-order valence-corrected chi connectivity index (χ0v) is 11.3. The molecule has 19 heavy (non-hydrogen) atoms. The van der Waals surface area contributed by atoms with Crippen molar-refractivity contribution in [3.8, 4) is 0 Å². The third-order valence-electron chi connectivity index (χ3n) is 3.02. The molecule has 2 aromatic rings. The minimum atomic E-state index is -0.0963. The second-order valence-electron chi connectivity index (χ2n) is 4.82. The lowest BCUT2D eigenvalue weighted by atomic mass is 10.0. The largest absolute Gasteiger partial charge is 0.348 e. The number of nitrogens with zero attached hydrogens (tertiary/aromatic N) is 1. The van der Waals surface area contributed by atoms with Crippen LogP contribution in [0.4, 0.5) is 0 Å². The molecule has 0 fully saturated rings. The van der Waals surface area contributed by atoms with E-state index in [2.05, 4.69) is 48.4 Å². The average molecular weight is 254 g/mol. The molecule has 1 aromatic carbocycles. The fraction of sp³-hybridized carbons (Fsp3) is 0.250. The second kappa shape index (κ2) is 6.14. The van der Waals surface area contributed by atoms with Crippen LogP contribution in [0, 0.1) is 0 Å². The molecule has 1 N–H and O–H groups in total. The average Bonchev–Trinajstić information content (AvgIpc) is 2.46. The van der Waals surface area contributed by atoms with E-state index >= 15 is 0 Å². The summed E-state index contributed by atoms with van der Waals surface area (Å²) < 4.78 is 0. The van der Waals surface area contributed by atoms with E-state index in [0.29, 0.717) is 18.0 Å². The molecule has 0 bridgehead atoms. The topological polar surface area (TPSA) is 42.0 Å². The normalized spacial score (nSPS) is 10.5. The Morgan fingerprint density at radius 1 is 1.21 bits per heavy atom. The Bertz CT molecular complexity index is 532. The lowest BCUT2D eigenvalue weighted by molar-refractivity contribution is 0.0950. The predicted octanol–water partition coefficient (Wildman–Crippen LogP) is 3.14. The molecule has 1 aromatic heterocycles. The number of nitrogens with one attached hydrogen (secondary N) is 1. The third-order valence-corrected chi connectivity index (χ3v) is 3.02. The highest BCUT2D eigenvalue weighted by Crippen LogP contribution is 2.14. The highest BCUT2D eigenvalue weighted by Gasteiger charge is 2.04. The maximum atomic E-state index is 11.8. The Morgan fingerprint density at radius 2 is 1.95 bits per heavy atom. The van der Waals surface area contributed by atoms with E-state index in [1.807, 2.05) is 0 Å². The molecule has 0 saturated carbocycles. The molecule has 2 rings (SSSR count). The van der Waals surface area contributed by atoms with Crippen LogP contribution in [0.2, 0.25) is 0 Å². The molecule has 0 aliphatic heterocycles. The Labute approximate surface area is 113 Å². The summed E-state index contributed by atoms with van der Waals surface area (Å²) in [7, 11) is 0. The van der Waals surface area contributed by atoms with Crippen LogP contribution >= 0.6 is 0 Å². The van der Waals surface area contributed by atoms with Crippen LogP contribution in [0.3, 0.4) is 0 Å². The van der Waals surface area contributed by atoms with Crippen LogP contribution in [-0.4, -0.2) is 10.9 Å². The Balaban J connectivity index is 1.94. The molecule has 1 heterocycles. The summed E-state index contributed by atoms with van der Waals surface area (Å²) in [5.74, 6) is 0.431. The van der Waals surface area contributed by atoms with Crippen LogP contribution in [0.15, 0.2) is 48.8 Å². The molecule has 1 amide bonds. The van der Waals surface area contributed by atoms with E-state index < -0.39 is 0 Å². The third kappa shape index (κ3) is 3.65. The summed E-state index contributed by atoms with van der Waals surface area (Å²) in [6.45, 7) is 4.87. The molecular formula is C16H18N2O. The maximum Gasteiger partial charge on any atom is 0.253 e. The van der Waals surface area contributed by atoms with Crippen LogP contribution in [-0.2, 0) is 6.54 Å². The minimum Gasteiger partial charge on any atom is -0.348 e. The van der Waals surface area contributed by atoms with Gasteiger partial charge in [0.2, 0.25) is 0 Å². The monoisotopic (exact) mass is 254 g/mol.